The molecule has 1 aromatic rings. The van der Waals surface area contributed by atoms with Gasteiger partial charge in [-0.1, -0.05) is 30.2 Å². The molecule has 1 aliphatic carbocycles. The number of carbonyl (C=O) groups is 1. The van der Waals surface area contributed by atoms with Crippen molar-refractivity contribution in [2.24, 2.45) is 11.7 Å². The fourth-order valence-corrected chi connectivity index (χ4v) is 3.19. The SMILES string of the molecule is Cc1ccc(C(C)NC(=O)C2CCCC(N)C2)c(C)c1.Cl. The molecule has 3 N–H and O–H groups in total. The van der Waals surface area contributed by atoms with Gasteiger partial charge in [-0.05, 0) is 51.2 Å². The van der Waals surface area contributed by atoms with Crippen LogP contribution in [0.2, 0.25) is 0 Å². The van der Waals surface area contributed by atoms with E-state index in [0.717, 1.165) is 25.7 Å². The van der Waals surface area contributed by atoms with Crippen LogP contribution in [-0.4, -0.2) is 11.9 Å². The average molecular weight is 311 g/mol. The second-order valence-corrected chi connectivity index (χ2v) is 6.21. The highest BCUT2D eigenvalue weighted by Crippen LogP contribution is 2.25. The number of amides is 1. The number of nitrogens with one attached hydrogen (secondary N) is 1. The van der Waals surface area contributed by atoms with Crippen LogP contribution in [0.15, 0.2) is 18.2 Å². The second kappa shape index (κ2) is 7.81. The lowest BCUT2D eigenvalue weighted by Gasteiger charge is -2.27. The van der Waals surface area contributed by atoms with Gasteiger partial charge in [0.05, 0.1) is 6.04 Å². The Morgan fingerprint density at radius 3 is 2.67 bits per heavy atom. The van der Waals surface area contributed by atoms with Crippen LogP contribution in [0.4, 0.5) is 0 Å². The van der Waals surface area contributed by atoms with Crippen molar-refractivity contribution in [3.8, 4) is 0 Å². The van der Waals surface area contributed by atoms with Gasteiger partial charge in [0.25, 0.3) is 0 Å². The maximum atomic E-state index is 12.3. The van der Waals surface area contributed by atoms with Crippen LogP contribution >= 0.6 is 12.4 Å². The predicted octanol–water partition coefficient (Wildman–Crippen LogP) is 3.42. The number of hydrogen-bond acceptors (Lipinski definition) is 2. The largest absolute Gasteiger partial charge is 0.349 e. The van der Waals surface area contributed by atoms with Crippen LogP contribution < -0.4 is 11.1 Å². The summed E-state index contributed by atoms with van der Waals surface area (Å²) in [6.45, 7) is 6.24. The van der Waals surface area contributed by atoms with E-state index in [-0.39, 0.29) is 36.3 Å². The molecule has 0 aliphatic heterocycles. The zero-order valence-electron chi connectivity index (χ0n) is 13.2. The Kier molecular flexibility index (Phi) is 6.69. The van der Waals surface area contributed by atoms with Crippen molar-refractivity contribution in [3.63, 3.8) is 0 Å². The molecule has 3 unspecified atom stereocenters. The van der Waals surface area contributed by atoms with Crippen LogP contribution in [0.25, 0.3) is 0 Å². The zero-order valence-corrected chi connectivity index (χ0v) is 14.0. The summed E-state index contributed by atoms with van der Waals surface area (Å²) in [7, 11) is 0. The van der Waals surface area contributed by atoms with E-state index in [0.29, 0.717) is 0 Å². The summed E-state index contributed by atoms with van der Waals surface area (Å²) in [4.78, 5) is 12.3. The van der Waals surface area contributed by atoms with Gasteiger partial charge < -0.3 is 11.1 Å². The van der Waals surface area contributed by atoms with Gasteiger partial charge in [0.15, 0.2) is 0 Å². The summed E-state index contributed by atoms with van der Waals surface area (Å²) in [5, 5.41) is 3.15. The molecule has 1 aromatic carbocycles. The van der Waals surface area contributed by atoms with Crippen molar-refractivity contribution in [1.82, 2.24) is 5.32 Å². The Hall–Kier alpha value is -1.06. The normalized spacial score (nSPS) is 23.0. The molecule has 4 heteroatoms. The minimum atomic E-state index is 0. The van der Waals surface area contributed by atoms with Crippen molar-refractivity contribution in [1.29, 1.82) is 0 Å². The maximum absolute atomic E-state index is 12.3. The molecule has 1 amide bonds. The fourth-order valence-electron chi connectivity index (χ4n) is 3.19. The summed E-state index contributed by atoms with van der Waals surface area (Å²) < 4.78 is 0. The smallest absolute Gasteiger partial charge is 0.223 e. The number of halogens is 1. The van der Waals surface area contributed by atoms with Crippen molar-refractivity contribution in [3.05, 3.63) is 34.9 Å². The summed E-state index contributed by atoms with van der Waals surface area (Å²) in [5.41, 5.74) is 9.65. The highest BCUT2D eigenvalue weighted by atomic mass is 35.5. The van der Waals surface area contributed by atoms with Crippen molar-refractivity contribution < 1.29 is 4.79 Å². The van der Waals surface area contributed by atoms with E-state index in [2.05, 4.69) is 44.3 Å². The van der Waals surface area contributed by atoms with E-state index in [4.69, 9.17) is 5.73 Å². The first kappa shape index (κ1) is 18.0. The second-order valence-electron chi connectivity index (χ2n) is 6.21. The topological polar surface area (TPSA) is 55.1 Å². The summed E-state index contributed by atoms with van der Waals surface area (Å²) >= 11 is 0. The third-order valence-electron chi connectivity index (χ3n) is 4.34. The van der Waals surface area contributed by atoms with Gasteiger partial charge in [0.1, 0.15) is 0 Å². The molecule has 0 radical (unpaired) electrons. The molecule has 3 atom stereocenters. The van der Waals surface area contributed by atoms with Gasteiger partial charge in [0, 0.05) is 12.0 Å². The summed E-state index contributed by atoms with van der Waals surface area (Å²) in [5.74, 6) is 0.250. The number of nitrogens with two attached hydrogens (primary N) is 1. The summed E-state index contributed by atoms with van der Waals surface area (Å²) in [6, 6.07) is 6.62. The molecule has 118 valence electrons. The molecule has 1 fully saturated rings. The molecule has 1 aliphatic rings. The number of benzene rings is 1. The lowest BCUT2D eigenvalue weighted by Crippen LogP contribution is -2.38. The lowest BCUT2D eigenvalue weighted by atomic mass is 9.85. The van der Waals surface area contributed by atoms with Crippen LogP contribution in [0, 0.1) is 19.8 Å². The van der Waals surface area contributed by atoms with Gasteiger partial charge in [-0.25, -0.2) is 0 Å². The monoisotopic (exact) mass is 310 g/mol. The molecule has 2 rings (SSSR count). The summed E-state index contributed by atoms with van der Waals surface area (Å²) in [6.07, 6.45) is 3.91. The quantitative estimate of drug-likeness (QED) is 0.898. The van der Waals surface area contributed by atoms with Crippen LogP contribution in [-0.2, 0) is 4.79 Å². The van der Waals surface area contributed by atoms with Crippen LogP contribution in [0.1, 0.15) is 55.3 Å². The van der Waals surface area contributed by atoms with Gasteiger partial charge >= 0.3 is 0 Å². The highest BCUT2D eigenvalue weighted by molar-refractivity contribution is 5.85. The van der Waals surface area contributed by atoms with Gasteiger partial charge in [0.2, 0.25) is 5.91 Å². The molecule has 0 heterocycles. The fraction of sp³-hybridized carbons (Fsp3) is 0.588. The number of aryl methyl sites for hydroxylation is 2. The standard InChI is InChI=1S/C17H26N2O.ClH/c1-11-7-8-16(12(2)9-11)13(3)19-17(20)14-5-4-6-15(18)10-14;/h7-9,13-15H,4-6,10,18H2,1-3H3,(H,19,20);1H. The molecule has 1 saturated carbocycles. The Morgan fingerprint density at radius 2 is 2.05 bits per heavy atom. The van der Waals surface area contributed by atoms with Crippen molar-refractivity contribution in [2.45, 2.75) is 58.5 Å². The minimum absolute atomic E-state index is 0. The van der Waals surface area contributed by atoms with Crippen LogP contribution in [0.3, 0.4) is 0 Å². The first-order valence-corrected chi connectivity index (χ1v) is 7.60. The molecule has 0 spiro atoms. The maximum Gasteiger partial charge on any atom is 0.223 e. The van der Waals surface area contributed by atoms with Crippen molar-refractivity contribution >= 4 is 18.3 Å². The Labute approximate surface area is 134 Å². The number of rotatable bonds is 3. The lowest BCUT2D eigenvalue weighted by molar-refractivity contribution is -0.126. The van der Waals surface area contributed by atoms with E-state index < -0.39 is 0 Å². The van der Waals surface area contributed by atoms with Crippen LogP contribution in [0.5, 0.6) is 0 Å². The molecule has 3 nitrogen and oxygen atoms in total. The molecule has 0 bridgehead atoms. The minimum Gasteiger partial charge on any atom is -0.349 e. The van der Waals surface area contributed by atoms with E-state index in [1.807, 2.05) is 0 Å². The third kappa shape index (κ3) is 4.72. The van der Waals surface area contributed by atoms with E-state index in [1.165, 1.54) is 16.7 Å². The van der Waals surface area contributed by atoms with E-state index >= 15 is 0 Å². The Balaban J connectivity index is 0.00000220. The van der Waals surface area contributed by atoms with Gasteiger partial charge in [-0.2, -0.15) is 0 Å². The highest BCUT2D eigenvalue weighted by Gasteiger charge is 2.26. The Morgan fingerprint density at radius 1 is 1.33 bits per heavy atom. The van der Waals surface area contributed by atoms with E-state index in [1.54, 1.807) is 0 Å². The first-order valence-electron chi connectivity index (χ1n) is 7.60. The van der Waals surface area contributed by atoms with Gasteiger partial charge in [-0.3, -0.25) is 4.79 Å². The third-order valence-corrected chi connectivity index (χ3v) is 4.34. The number of hydrogen-bond donors (Lipinski definition) is 2. The molecule has 0 aromatic heterocycles. The molecule has 21 heavy (non-hydrogen) atoms. The number of carbonyl (C=O) groups excluding carboxylic acids is 1. The Bertz CT molecular complexity index is 490. The van der Waals surface area contributed by atoms with Crippen molar-refractivity contribution in [2.75, 3.05) is 0 Å². The first-order chi connectivity index (χ1) is 9.47. The average Bonchev–Trinajstić information content (AvgIpc) is 2.38. The molecule has 0 saturated heterocycles. The zero-order chi connectivity index (χ0) is 14.7. The molecular formula is C17H27ClN2O. The van der Waals surface area contributed by atoms with Gasteiger partial charge in [-0.15, -0.1) is 12.4 Å². The van der Waals surface area contributed by atoms with E-state index in [9.17, 15) is 4.79 Å². The predicted molar refractivity (Wildman–Crippen MR) is 89.7 cm³/mol. The molecular weight excluding hydrogens is 284 g/mol.